The number of nitrogens with one attached hydrogen (secondary N) is 2. The normalized spacial score (nSPS) is 12.2. The molecular weight excluding hydrogens is 482 g/mol. The van der Waals surface area contributed by atoms with Gasteiger partial charge in [0.15, 0.2) is 5.96 Å². The fraction of sp³-hybridized carbons (Fsp3) is 0.273. The number of hydrogen-bond donors (Lipinski definition) is 2. The Balaban J connectivity index is 0.00000300. The molecule has 0 saturated heterocycles. The number of nitrogens with zero attached hydrogens (tertiary/aromatic N) is 2. The first kappa shape index (κ1) is 22.9. The summed E-state index contributed by atoms with van der Waals surface area (Å²) >= 11 is 0. The molecule has 3 rings (SSSR count). The summed E-state index contributed by atoms with van der Waals surface area (Å²) < 4.78 is 19.4. The number of aromatic nitrogens is 1. The van der Waals surface area contributed by atoms with Crippen LogP contribution in [-0.4, -0.2) is 18.0 Å². The first-order valence-electron chi connectivity index (χ1n) is 9.21. The van der Waals surface area contributed by atoms with Gasteiger partial charge in [0.2, 0.25) is 5.89 Å². The van der Waals surface area contributed by atoms with Crippen molar-refractivity contribution >= 4 is 29.9 Å². The van der Waals surface area contributed by atoms with Gasteiger partial charge in [0.1, 0.15) is 12.1 Å². The predicted octanol–water partition coefficient (Wildman–Crippen LogP) is 5.14. The van der Waals surface area contributed by atoms with Gasteiger partial charge in [-0.05, 0) is 50.1 Å². The highest BCUT2D eigenvalue weighted by atomic mass is 127. The molecule has 154 valence electrons. The molecule has 0 aliphatic rings. The average molecular weight is 508 g/mol. The van der Waals surface area contributed by atoms with E-state index >= 15 is 0 Å². The number of oxazole rings is 1. The third-order valence-electron chi connectivity index (χ3n) is 4.56. The van der Waals surface area contributed by atoms with Crippen LogP contribution in [0, 0.1) is 19.7 Å². The van der Waals surface area contributed by atoms with Gasteiger partial charge in [-0.3, -0.25) is 4.99 Å². The Bertz CT molecular complexity index is 969. The molecule has 0 amide bonds. The molecule has 0 saturated carbocycles. The first-order valence-corrected chi connectivity index (χ1v) is 9.21. The first-order chi connectivity index (χ1) is 13.5. The molecule has 1 atom stereocenters. The highest BCUT2D eigenvalue weighted by molar-refractivity contribution is 14.0. The summed E-state index contributed by atoms with van der Waals surface area (Å²) in [5, 5.41) is 6.47. The molecule has 0 bridgehead atoms. The largest absolute Gasteiger partial charge is 0.444 e. The number of aryl methyl sites for hydroxylation is 2. The monoisotopic (exact) mass is 508 g/mol. The molecule has 1 aromatic heterocycles. The van der Waals surface area contributed by atoms with Crippen LogP contribution in [0.15, 0.2) is 58.1 Å². The highest BCUT2D eigenvalue weighted by Crippen LogP contribution is 2.19. The summed E-state index contributed by atoms with van der Waals surface area (Å²) in [4.78, 5) is 8.74. The van der Waals surface area contributed by atoms with Crippen molar-refractivity contribution in [1.82, 2.24) is 15.6 Å². The van der Waals surface area contributed by atoms with Gasteiger partial charge in [-0.1, -0.05) is 29.8 Å². The molecule has 1 heterocycles. The van der Waals surface area contributed by atoms with Crippen molar-refractivity contribution in [1.29, 1.82) is 0 Å². The Morgan fingerprint density at radius 1 is 1.17 bits per heavy atom. The smallest absolute Gasteiger partial charge is 0.226 e. The Hall–Kier alpha value is -2.42. The second-order valence-corrected chi connectivity index (χ2v) is 6.81. The standard InChI is InChI=1S/C22H25FN4O.HI/c1-14-5-8-17(9-6-14)21-27-19(13-28-21)12-25-22(24-4)26-16(3)18-10-7-15(2)20(23)11-18;/h5-11,13,16H,12H2,1-4H3,(H2,24,25,26);1H. The topological polar surface area (TPSA) is 62.5 Å². The molecule has 7 heteroatoms. The van der Waals surface area contributed by atoms with E-state index in [2.05, 4.69) is 20.6 Å². The molecule has 1 unspecified atom stereocenters. The van der Waals surface area contributed by atoms with Crippen LogP contribution >= 0.6 is 24.0 Å². The fourth-order valence-corrected chi connectivity index (χ4v) is 2.75. The Morgan fingerprint density at radius 2 is 1.90 bits per heavy atom. The molecule has 5 nitrogen and oxygen atoms in total. The molecular formula is C22H26FIN4O. The van der Waals surface area contributed by atoms with E-state index in [0.717, 1.165) is 16.8 Å². The molecule has 2 N–H and O–H groups in total. The van der Waals surface area contributed by atoms with Crippen LogP contribution in [0.4, 0.5) is 4.39 Å². The van der Waals surface area contributed by atoms with Crippen LogP contribution < -0.4 is 10.6 Å². The molecule has 0 spiro atoms. The van der Waals surface area contributed by atoms with Crippen LogP contribution in [0.2, 0.25) is 0 Å². The maximum Gasteiger partial charge on any atom is 0.226 e. The molecule has 0 fully saturated rings. The molecule has 0 radical (unpaired) electrons. The van der Waals surface area contributed by atoms with Gasteiger partial charge in [-0.25, -0.2) is 9.37 Å². The van der Waals surface area contributed by atoms with Gasteiger partial charge in [0.25, 0.3) is 0 Å². The van der Waals surface area contributed by atoms with E-state index in [1.165, 1.54) is 5.56 Å². The van der Waals surface area contributed by atoms with Gasteiger partial charge in [-0.2, -0.15) is 0 Å². The third-order valence-corrected chi connectivity index (χ3v) is 4.56. The van der Waals surface area contributed by atoms with E-state index in [1.54, 1.807) is 32.4 Å². The van der Waals surface area contributed by atoms with Crippen molar-refractivity contribution in [3.63, 3.8) is 0 Å². The lowest BCUT2D eigenvalue weighted by atomic mass is 10.1. The quantitative estimate of drug-likeness (QED) is 0.285. The Kier molecular flexibility index (Phi) is 8.19. The van der Waals surface area contributed by atoms with E-state index in [0.29, 0.717) is 24.0 Å². The lowest BCUT2D eigenvalue weighted by Crippen LogP contribution is -2.38. The summed E-state index contributed by atoms with van der Waals surface area (Å²) in [7, 11) is 1.69. The SMILES string of the molecule is CN=C(NCc1coc(-c2ccc(C)cc2)n1)NC(C)c1ccc(C)c(F)c1.I. The Morgan fingerprint density at radius 3 is 2.55 bits per heavy atom. The molecule has 2 aromatic carbocycles. The number of aliphatic imine (C=N–C) groups is 1. The predicted molar refractivity (Wildman–Crippen MR) is 125 cm³/mol. The second kappa shape index (κ2) is 10.4. The summed E-state index contributed by atoms with van der Waals surface area (Å²) in [6.07, 6.45) is 1.63. The molecule has 0 aliphatic heterocycles. The lowest BCUT2D eigenvalue weighted by Gasteiger charge is -2.18. The number of rotatable bonds is 5. The number of hydrogen-bond acceptors (Lipinski definition) is 3. The zero-order valence-electron chi connectivity index (χ0n) is 17.0. The van der Waals surface area contributed by atoms with Gasteiger partial charge < -0.3 is 15.1 Å². The van der Waals surface area contributed by atoms with Gasteiger partial charge >= 0.3 is 0 Å². The maximum atomic E-state index is 13.8. The van der Waals surface area contributed by atoms with Crippen LogP contribution in [0.1, 0.15) is 35.3 Å². The molecule has 0 aliphatic carbocycles. The number of halogens is 2. The summed E-state index contributed by atoms with van der Waals surface area (Å²) in [5.41, 5.74) is 4.39. The number of guanidine groups is 1. The van der Waals surface area contributed by atoms with Crippen molar-refractivity contribution in [2.45, 2.75) is 33.4 Å². The van der Waals surface area contributed by atoms with Gasteiger partial charge in [0.05, 0.1) is 18.3 Å². The second-order valence-electron chi connectivity index (χ2n) is 6.81. The minimum absolute atomic E-state index is 0. The van der Waals surface area contributed by atoms with E-state index in [4.69, 9.17) is 4.42 Å². The summed E-state index contributed by atoms with van der Waals surface area (Å²) in [5.74, 6) is 0.983. The van der Waals surface area contributed by atoms with E-state index in [9.17, 15) is 4.39 Å². The van der Waals surface area contributed by atoms with Gasteiger partial charge in [0, 0.05) is 12.6 Å². The van der Waals surface area contributed by atoms with Crippen LogP contribution in [0.5, 0.6) is 0 Å². The van der Waals surface area contributed by atoms with Crippen molar-refractivity contribution in [2.24, 2.45) is 4.99 Å². The Labute approximate surface area is 187 Å². The third kappa shape index (κ3) is 6.03. The lowest BCUT2D eigenvalue weighted by molar-refractivity contribution is 0.572. The van der Waals surface area contributed by atoms with Crippen LogP contribution in [0.25, 0.3) is 11.5 Å². The van der Waals surface area contributed by atoms with Crippen molar-refractivity contribution < 1.29 is 8.81 Å². The molecule has 3 aromatic rings. The zero-order chi connectivity index (χ0) is 20.1. The fourth-order valence-electron chi connectivity index (χ4n) is 2.75. The maximum absolute atomic E-state index is 13.8. The minimum atomic E-state index is -0.208. The summed E-state index contributed by atoms with van der Waals surface area (Å²) in [6, 6.07) is 13.2. The van der Waals surface area contributed by atoms with E-state index in [1.807, 2.05) is 44.2 Å². The number of benzene rings is 2. The molecule has 29 heavy (non-hydrogen) atoms. The minimum Gasteiger partial charge on any atom is -0.444 e. The van der Waals surface area contributed by atoms with E-state index < -0.39 is 0 Å². The van der Waals surface area contributed by atoms with Crippen LogP contribution in [-0.2, 0) is 6.54 Å². The van der Waals surface area contributed by atoms with Gasteiger partial charge in [-0.15, -0.1) is 24.0 Å². The highest BCUT2D eigenvalue weighted by Gasteiger charge is 2.11. The summed E-state index contributed by atoms with van der Waals surface area (Å²) in [6.45, 7) is 6.21. The van der Waals surface area contributed by atoms with E-state index in [-0.39, 0.29) is 35.8 Å². The van der Waals surface area contributed by atoms with Crippen molar-refractivity contribution in [3.05, 3.63) is 76.9 Å². The average Bonchev–Trinajstić information content (AvgIpc) is 3.16. The zero-order valence-corrected chi connectivity index (χ0v) is 19.3. The van der Waals surface area contributed by atoms with Crippen molar-refractivity contribution in [2.75, 3.05) is 7.05 Å². The van der Waals surface area contributed by atoms with Crippen LogP contribution in [0.3, 0.4) is 0 Å². The van der Waals surface area contributed by atoms with Crippen molar-refractivity contribution in [3.8, 4) is 11.5 Å².